The van der Waals surface area contributed by atoms with Gasteiger partial charge in [-0.3, -0.25) is 9.59 Å². The fraction of sp³-hybridized carbons (Fsp3) is 0.667. The van der Waals surface area contributed by atoms with E-state index < -0.39 is 22.0 Å². The van der Waals surface area contributed by atoms with E-state index in [1.54, 1.807) is 26.0 Å². The van der Waals surface area contributed by atoms with E-state index in [1.807, 2.05) is 13.8 Å². The van der Waals surface area contributed by atoms with Crippen LogP contribution in [-0.4, -0.2) is 49.7 Å². The number of nitrogens with one attached hydrogen (secondary N) is 2. The lowest BCUT2D eigenvalue weighted by atomic mass is 9.95. The van der Waals surface area contributed by atoms with Crippen LogP contribution in [0.15, 0.2) is 29.2 Å². The first-order valence-electron chi connectivity index (χ1n) is 11.9. The third kappa shape index (κ3) is 7.04. The SMILES string of the molecule is CCN(CC)S(=O)(=O)c1cccc(C(=O)N[C@H](C(=O)NC2CCCCCCC2)C(C)C)c1. The Morgan fingerprint density at radius 2 is 1.62 bits per heavy atom. The first-order valence-corrected chi connectivity index (χ1v) is 13.4. The number of hydrogen-bond donors (Lipinski definition) is 2. The summed E-state index contributed by atoms with van der Waals surface area (Å²) in [7, 11) is -3.67. The first kappa shape index (κ1) is 26.3. The van der Waals surface area contributed by atoms with E-state index in [-0.39, 0.29) is 28.3 Å². The standard InChI is InChI=1S/C24H39N3O4S/c1-5-27(6-2)32(30,31)21-16-12-13-19(17-21)23(28)26-22(18(3)4)24(29)25-20-14-10-8-7-9-11-15-20/h12-13,16-18,20,22H,5-11,14-15H2,1-4H3,(H,25,29)(H,26,28)/t22-/m0/s1. The summed E-state index contributed by atoms with van der Waals surface area (Å²) in [5, 5.41) is 5.96. The van der Waals surface area contributed by atoms with Crippen LogP contribution in [0.3, 0.4) is 0 Å². The molecule has 1 aromatic rings. The maximum Gasteiger partial charge on any atom is 0.251 e. The molecule has 180 valence electrons. The molecule has 2 rings (SSSR count). The van der Waals surface area contributed by atoms with Crippen molar-refractivity contribution in [3.8, 4) is 0 Å². The molecule has 1 aromatic carbocycles. The second kappa shape index (κ2) is 12.3. The topological polar surface area (TPSA) is 95.6 Å². The van der Waals surface area contributed by atoms with Crippen molar-refractivity contribution in [1.29, 1.82) is 0 Å². The number of carbonyl (C=O) groups excluding carboxylic acids is 2. The van der Waals surface area contributed by atoms with E-state index in [1.165, 1.54) is 35.7 Å². The summed E-state index contributed by atoms with van der Waals surface area (Å²) in [4.78, 5) is 26.0. The maximum atomic E-state index is 13.0. The zero-order valence-electron chi connectivity index (χ0n) is 19.9. The Morgan fingerprint density at radius 3 is 2.19 bits per heavy atom. The van der Waals surface area contributed by atoms with Gasteiger partial charge in [-0.2, -0.15) is 4.31 Å². The number of rotatable bonds is 9. The second-order valence-electron chi connectivity index (χ2n) is 8.86. The van der Waals surface area contributed by atoms with E-state index in [2.05, 4.69) is 10.6 Å². The summed E-state index contributed by atoms with van der Waals surface area (Å²) in [5.74, 6) is -0.728. The monoisotopic (exact) mass is 465 g/mol. The molecule has 1 fully saturated rings. The Balaban J connectivity index is 2.13. The van der Waals surface area contributed by atoms with Gasteiger partial charge in [0.25, 0.3) is 5.91 Å². The third-order valence-electron chi connectivity index (χ3n) is 6.13. The number of benzene rings is 1. The van der Waals surface area contributed by atoms with Crippen LogP contribution in [-0.2, 0) is 14.8 Å². The molecule has 2 N–H and O–H groups in total. The molecule has 8 heteroatoms. The molecule has 0 aliphatic heterocycles. The molecule has 0 bridgehead atoms. The summed E-state index contributed by atoms with van der Waals surface area (Å²) in [6.45, 7) is 8.05. The largest absolute Gasteiger partial charge is 0.352 e. The van der Waals surface area contributed by atoms with Gasteiger partial charge in [-0.25, -0.2) is 8.42 Å². The van der Waals surface area contributed by atoms with Crippen molar-refractivity contribution >= 4 is 21.8 Å². The van der Waals surface area contributed by atoms with Gasteiger partial charge in [-0.15, -0.1) is 0 Å². The predicted octanol–water partition coefficient (Wildman–Crippen LogP) is 3.70. The molecule has 2 amide bonds. The zero-order valence-corrected chi connectivity index (χ0v) is 20.7. The Labute approximate surface area is 193 Å². The van der Waals surface area contributed by atoms with Crippen LogP contribution in [0.1, 0.15) is 83.0 Å². The quantitative estimate of drug-likeness (QED) is 0.581. The van der Waals surface area contributed by atoms with Gasteiger partial charge in [0, 0.05) is 24.7 Å². The van der Waals surface area contributed by atoms with Crippen LogP contribution in [0.25, 0.3) is 0 Å². The summed E-state index contributed by atoms with van der Waals surface area (Å²) in [6.07, 6.45) is 7.81. The van der Waals surface area contributed by atoms with Gasteiger partial charge in [0.05, 0.1) is 4.90 Å². The van der Waals surface area contributed by atoms with Crippen molar-refractivity contribution in [3.05, 3.63) is 29.8 Å². The molecule has 0 spiro atoms. The van der Waals surface area contributed by atoms with Crippen LogP contribution >= 0.6 is 0 Å². The average Bonchev–Trinajstić information content (AvgIpc) is 2.74. The maximum absolute atomic E-state index is 13.0. The van der Waals surface area contributed by atoms with Crippen LogP contribution in [0.4, 0.5) is 0 Å². The fourth-order valence-corrected chi connectivity index (χ4v) is 5.67. The zero-order chi connectivity index (χ0) is 23.7. The summed E-state index contributed by atoms with van der Waals surface area (Å²) in [5.41, 5.74) is 0.225. The lowest BCUT2D eigenvalue weighted by molar-refractivity contribution is -0.124. The van der Waals surface area contributed by atoms with Crippen molar-refractivity contribution in [2.24, 2.45) is 5.92 Å². The van der Waals surface area contributed by atoms with Gasteiger partial charge < -0.3 is 10.6 Å². The minimum Gasteiger partial charge on any atom is -0.352 e. The van der Waals surface area contributed by atoms with Crippen LogP contribution in [0.5, 0.6) is 0 Å². The highest BCUT2D eigenvalue weighted by atomic mass is 32.2. The Kier molecular flexibility index (Phi) is 10.2. The van der Waals surface area contributed by atoms with Crippen molar-refractivity contribution in [2.75, 3.05) is 13.1 Å². The van der Waals surface area contributed by atoms with Crippen molar-refractivity contribution in [1.82, 2.24) is 14.9 Å². The highest BCUT2D eigenvalue weighted by Crippen LogP contribution is 2.19. The summed E-state index contributed by atoms with van der Waals surface area (Å²) < 4.78 is 27.0. The van der Waals surface area contributed by atoms with E-state index in [0.29, 0.717) is 13.1 Å². The molecule has 7 nitrogen and oxygen atoms in total. The van der Waals surface area contributed by atoms with Gasteiger partial charge >= 0.3 is 0 Å². The minimum atomic E-state index is -3.67. The molecule has 0 heterocycles. The number of nitrogens with zero attached hydrogens (tertiary/aromatic N) is 1. The molecule has 0 saturated heterocycles. The second-order valence-corrected chi connectivity index (χ2v) is 10.8. The van der Waals surface area contributed by atoms with Gasteiger partial charge in [-0.05, 0) is 37.0 Å². The molecule has 1 atom stereocenters. The van der Waals surface area contributed by atoms with Crippen molar-refractivity contribution in [3.63, 3.8) is 0 Å². The number of sulfonamides is 1. The van der Waals surface area contributed by atoms with Gasteiger partial charge in [0.15, 0.2) is 0 Å². The van der Waals surface area contributed by atoms with E-state index in [0.717, 1.165) is 25.7 Å². The Bertz CT molecular complexity index is 858. The summed E-state index contributed by atoms with van der Waals surface area (Å²) >= 11 is 0. The lowest BCUT2D eigenvalue weighted by Gasteiger charge is -2.26. The Morgan fingerprint density at radius 1 is 1.03 bits per heavy atom. The fourth-order valence-electron chi connectivity index (χ4n) is 4.16. The smallest absolute Gasteiger partial charge is 0.251 e. The molecule has 0 aromatic heterocycles. The third-order valence-corrected chi connectivity index (χ3v) is 8.17. The summed E-state index contributed by atoms with van der Waals surface area (Å²) in [6, 6.07) is 5.46. The lowest BCUT2D eigenvalue weighted by Crippen LogP contribution is -2.52. The predicted molar refractivity (Wildman–Crippen MR) is 127 cm³/mol. The molecule has 1 aliphatic carbocycles. The molecule has 0 radical (unpaired) electrons. The van der Waals surface area contributed by atoms with Crippen molar-refractivity contribution < 1.29 is 18.0 Å². The molecule has 32 heavy (non-hydrogen) atoms. The van der Waals surface area contributed by atoms with E-state index in [4.69, 9.17) is 0 Å². The molecular formula is C24H39N3O4S. The highest BCUT2D eigenvalue weighted by molar-refractivity contribution is 7.89. The number of hydrogen-bond acceptors (Lipinski definition) is 4. The molecular weight excluding hydrogens is 426 g/mol. The Hall–Kier alpha value is -1.93. The number of amides is 2. The van der Waals surface area contributed by atoms with Crippen molar-refractivity contribution in [2.45, 2.75) is 89.6 Å². The molecule has 0 unspecified atom stereocenters. The molecule has 1 saturated carbocycles. The first-order chi connectivity index (χ1) is 15.2. The van der Waals surface area contributed by atoms with E-state index >= 15 is 0 Å². The number of carbonyl (C=O) groups is 2. The average molecular weight is 466 g/mol. The van der Waals surface area contributed by atoms with Gasteiger partial charge in [0.1, 0.15) is 6.04 Å². The van der Waals surface area contributed by atoms with Crippen LogP contribution < -0.4 is 10.6 Å². The van der Waals surface area contributed by atoms with E-state index in [9.17, 15) is 18.0 Å². The minimum absolute atomic E-state index is 0.0777. The molecule has 1 aliphatic rings. The van der Waals surface area contributed by atoms with Crippen LogP contribution in [0, 0.1) is 5.92 Å². The van der Waals surface area contributed by atoms with Gasteiger partial charge in [0.2, 0.25) is 15.9 Å². The van der Waals surface area contributed by atoms with Gasteiger partial charge in [-0.1, -0.05) is 65.9 Å². The highest BCUT2D eigenvalue weighted by Gasteiger charge is 2.28. The normalized spacial score (nSPS) is 16.9. The van der Waals surface area contributed by atoms with Crippen LogP contribution in [0.2, 0.25) is 0 Å².